The summed E-state index contributed by atoms with van der Waals surface area (Å²) in [6.45, 7) is 3.21. The monoisotopic (exact) mass is 356 g/mol. The fraction of sp³-hybridized carbons (Fsp3) is 0.562. The van der Waals surface area contributed by atoms with Gasteiger partial charge in [0.2, 0.25) is 15.9 Å². The minimum absolute atomic E-state index is 0.0493. The molecule has 3 rings (SSSR count). The summed E-state index contributed by atoms with van der Waals surface area (Å²) in [6, 6.07) is 5.38. The van der Waals surface area contributed by atoms with Gasteiger partial charge >= 0.3 is 0 Å². The van der Waals surface area contributed by atoms with Gasteiger partial charge in [0.15, 0.2) is 0 Å². The molecule has 1 atom stereocenters. The lowest BCUT2D eigenvalue weighted by atomic mass is 9.92. The average Bonchev–Trinajstić information content (AvgIpc) is 2.55. The summed E-state index contributed by atoms with van der Waals surface area (Å²) in [7, 11) is -3.93. The molecule has 0 aromatic heterocycles. The van der Waals surface area contributed by atoms with Gasteiger partial charge in [-0.25, -0.2) is 12.8 Å². The molecule has 1 amide bonds. The summed E-state index contributed by atoms with van der Waals surface area (Å²) in [6.07, 6.45) is 1.29. The minimum atomic E-state index is -3.93. The number of halogens is 1. The molecule has 0 saturated carbocycles. The third-order valence-corrected chi connectivity index (χ3v) is 6.53. The van der Waals surface area contributed by atoms with E-state index in [0.717, 1.165) is 6.07 Å². The van der Waals surface area contributed by atoms with Crippen LogP contribution in [0.25, 0.3) is 0 Å². The number of morpholine rings is 1. The van der Waals surface area contributed by atoms with Crippen LogP contribution in [0, 0.1) is 5.82 Å². The van der Waals surface area contributed by atoms with Gasteiger partial charge in [-0.3, -0.25) is 4.79 Å². The van der Waals surface area contributed by atoms with Gasteiger partial charge in [0.1, 0.15) is 10.7 Å². The van der Waals surface area contributed by atoms with Crippen molar-refractivity contribution in [3.63, 3.8) is 0 Å². The van der Waals surface area contributed by atoms with E-state index in [-0.39, 0.29) is 17.3 Å². The number of ether oxygens (including phenoxy) is 1. The Morgan fingerprint density at radius 3 is 2.71 bits per heavy atom. The van der Waals surface area contributed by atoms with Crippen LogP contribution in [0.5, 0.6) is 0 Å². The molecule has 2 aliphatic heterocycles. The summed E-state index contributed by atoms with van der Waals surface area (Å²) in [5.41, 5.74) is -0.708. The van der Waals surface area contributed by atoms with Crippen LogP contribution < -0.4 is 0 Å². The number of benzene rings is 1. The van der Waals surface area contributed by atoms with Crippen molar-refractivity contribution in [3.05, 3.63) is 30.1 Å². The molecule has 1 unspecified atom stereocenters. The van der Waals surface area contributed by atoms with Crippen LogP contribution in [-0.2, 0) is 19.6 Å². The number of nitrogens with zero attached hydrogens (tertiary/aromatic N) is 2. The number of hydrogen-bond acceptors (Lipinski definition) is 4. The van der Waals surface area contributed by atoms with Crippen molar-refractivity contribution in [3.8, 4) is 0 Å². The van der Waals surface area contributed by atoms with Gasteiger partial charge in [-0.2, -0.15) is 4.31 Å². The smallest absolute Gasteiger partial charge is 0.246 e. The number of sulfonamides is 1. The quantitative estimate of drug-likeness (QED) is 0.799. The second-order valence-corrected chi connectivity index (χ2v) is 8.25. The fourth-order valence-corrected chi connectivity index (χ4v) is 5.03. The van der Waals surface area contributed by atoms with E-state index in [1.165, 1.54) is 29.4 Å². The molecular formula is C16H21FN2O4S. The van der Waals surface area contributed by atoms with Gasteiger partial charge in [-0.1, -0.05) is 12.1 Å². The van der Waals surface area contributed by atoms with Crippen LogP contribution in [0.3, 0.4) is 0 Å². The van der Waals surface area contributed by atoms with Crippen molar-refractivity contribution >= 4 is 15.9 Å². The van der Waals surface area contributed by atoms with Gasteiger partial charge in [0.25, 0.3) is 0 Å². The first-order valence-corrected chi connectivity index (χ1v) is 9.42. The van der Waals surface area contributed by atoms with Crippen molar-refractivity contribution in [1.82, 2.24) is 9.21 Å². The molecule has 2 saturated heterocycles. The van der Waals surface area contributed by atoms with Crippen molar-refractivity contribution in [2.24, 2.45) is 0 Å². The lowest BCUT2D eigenvalue weighted by Crippen LogP contribution is -2.61. The van der Waals surface area contributed by atoms with Gasteiger partial charge in [-0.05, 0) is 25.0 Å². The molecule has 0 radical (unpaired) electrons. The maximum atomic E-state index is 14.0. The van der Waals surface area contributed by atoms with Crippen LogP contribution in [-0.4, -0.2) is 61.9 Å². The zero-order valence-electron chi connectivity index (χ0n) is 13.6. The first-order chi connectivity index (χ1) is 11.3. The SMILES string of the molecule is CC(=O)N1CCOC2(CCCN(S(=O)(=O)c3ccccc3F)C2)C1. The normalized spacial score (nSPS) is 25.8. The van der Waals surface area contributed by atoms with Crippen molar-refractivity contribution in [2.75, 3.05) is 32.8 Å². The van der Waals surface area contributed by atoms with E-state index in [2.05, 4.69) is 0 Å². The Balaban J connectivity index is 1.85. The molecule has 0 N–H and O–H groups in total. The molecule has 0 aliphatic carbocycles. The number of amides is 1. The summed E-state index contributed by atoms with van der Waals surface area (Å²) in [4.78, 5) is 13.0. The Bertz CT molecular complexity index is 735. The van der Waals surface area contributed by atoms with Crippen LogP contribution in [0.4, 0.5) is 4.39 Å². The average molecular weight is 356 g/mol. The second-order valence-electron chi connectivity index (χ2n) is 6.34. The molecule has 8 heteroatoms. The number of rotatable bonds is 2. The highest BCUT2D eigenvalue weighted by Gasteiger charge is 2.44. The van der Waals surface area contributed by atoms with Gasteiger partial charge in [0, 0.05) is 26.6 Å². The maximum absolute atomic E-state index is 14.0. The molecule has 132 valence electrons. The topological polar surface area (TPSA) is 66.9 Å². The molecule has 24 heavy (non-hydrogen) atoms. The summed E-state index contributed by atoms with van der Waals surface area (Å²) < 4.78 is 46.7. The Labute approximate surface area is 141 Å². The zero-order chi connectivity index (χ0) is 17.4. The number of carbonyl (C=O) groups excluding carboxylic acids is 1. The molecule has 2 aliphatic rings. The van der Waals surface area contributed by atoms with E-state index in [4.69, 9.17) is 4.74 Å². The van der Waals surface area contributed by atoms with Crippen molar-refractivity contribution < 1.29 is 22.3 Å². The number of carbonyl (C=O) groups is 1. The van der Waals surface area contributed by atoms with Gasteiger partial charge in [0.05, 0.1) is 18.8 Å². The summed E-state index contributed by atoms with van der Waals surface area (Å²) in [5.74, 6) is -0.807. The lowest BCUT2D eigenvalue weighted by Gasteiger charge is -2.47. The molecule has 1 spiro atoms. The molecule has 1 aromatic rings. The molecule has 2 heterocycles. The zero-order valence-corrected chi connectivity index (χ0v) is 14.4. The van der Waals surface area contributed by atoms with E-state index in [1.54, 1.807) is 4.90 Å². The fourth-order valence-electron chi connectivity index (χ4n) is 3.42. The number of hydrogen-bond donors (Lipinski definition) is 0. The summed E-state index contributed by atoms with van der Waals surface area (Å²) in [5, 5.41) is 0. The van der Waals surface area contributed by atoms with Crippen LogP contribution >= 0.6 is 0 Å². The van der Waals surface area contributed by atoms with Crippen molar-refractivity contribution in [1.29, 1.82) is 0 Å². The van der Waals surface area contributed by atoms with E-state index in [1.807, 2.05) is 0 Å². The minimum Gasteiger partial charge on any atom is -0.370 e. The Hall–Kier alpha value is -1.51. The highest BCUT2D eigenvalue weighted by atomic mass is 32.2. The Kier molecular flexibility index (Phi) is 4.63. The molecule has 2 fully saturated rings. The largest absolute Gasteiger partial charge is 0.370 e. The van der Waals surface area contributed by atoms with E-state index < -0.39 is 21.4 Å². The highest BCUT2D eigenvalue weighted by molar-refractivity contribution is 7.89. The first kappa shape index (κ1) is 17.3. The predicted octanol–water partition coefficient (Wildman–Crippen LogP) is 1.23. The molecule has 1 aromatic carbocycles. The van der Waals surface area contributed by atoms with E-state index in [0.29, 0.717) is 39.1 Å². The third-order valence-electron chi connectivity index (χ3n) is 4.65. The van der Waals surface area contributed by atoms with Crippen LogP contribution in [0.2, 0.25) is 0 Å². The van der Waals surface area contributed by atoms with Gasteiger partial charge in [-0.15, -0.1) is 0 Å². The Morgan fingerprint density at radius 1 is 1.25 bits per heavy atom. The van der Waals surface area contributed by atoms with Crippen LogP contribution in [0.1, 0.15) is 19.8 Å². The van der Waals surface area contributed by atoms with Crippen LogP contribution in [0.15, 0.2) is 29.2 Å². The Morgan fingerprint density at radius 2 is 2.00 bits per heavy atom. The number of piperidine rings is 1. The molecular weight excluding hydrogens is 335 g/mol. The summed E-state index contributed by atoms with van der Waals surface area (Å²) >= 11 is 0. The standard InChI is InChI=1S/C16H21FN2O4S/c1-13(20)18-9-10-23-16(11-18)7-4-8-19(12-16)24(21,22)15-6-3-2-5-14(15)17/h2-3,5-6H,4,7-12H2,1H3. The molecule has 6 nitrogen and oxygen atoms in total. The first-order valence-electron chi connectivity index (χ1n) is 7.98. The second kappa shape index (κ2) is 6.42. The van der Waals surface area contributed by atoms with Gasteiger partial charge < -0.3 is 9.64 Å². The van der Waals surface area contributed by atoms with E-state index in [9.17, 15) is 17.6 Å². The third kappa shape index (κ3) is 3.18. The maximum Gasteiger partial charge on any atom is 0.246 e. The highest BCUT2D eigenvalue weighted by Crippen LogP contribution is 2.32. The predicted molar refractivity (Wildman–Crippen MR) is 85.3 cm³/mol. The van der Waals surface area contributed by atoms with Crippen molar-refractivity contribution in [2.45, 2.75) is 30.3 Å². The molecule has 0 bridgehead atoms. The lowest BCUT2D eigenvalue weighted by molar-refractivity contribution is -0.155. The van der Waals surface area contributed by atoms with E-state index >= 15 is 0 Å².